The summed E-state index contributed by atoms with van der Waals surface area (Å²) < 4.78 is 5.11. The maximum atomic E-state index is 11.8. The summed E-state index contributed by atoms with van der Waals surface area (Å²) in [4.78, 5) is 23.0. The molecule has 2 N–H and O–H groups in total. The van der Waals surface area contributed by atoms with E-state index in [1.807, 2.05) is 13.0 Å². The van der Waals surface area contributed by atoms with Crippen molar-refractivity contribution in [3.8, 4) is 5.75 Å². The fourth-order valence-corrected chi connectivity index (χ4v) is 2.06. The molecule has 0 bridgehead atoms. The average Bonchev–Trinajstić information content (AvgIpc) is 2.53. The largest absolute Gasteiger partial charge is 0.497 e. The molecular formula is C12H14N2O3. The Bertz CT molecular complexity index is 499. The first kappa shape index (κ1) is 11.4. The van der Waals surface area contributed by atoms with Gasteiger partial charge >= 0.3 is 6.03 Å². The predicted molar refractivity (Wildman–Crippen MR) is 61.8 cm³/mol. The molecule has 1 heterocycles. The first-order valence-electron chi connectivity index (χ1n) is 5.26. The van der Waals surface area contributed by atoms with Crippen molar-refractivity contribution in [1.82, 2.24) is 10.6 Å². The zero-order valence-electron chi connectivity index (χ0n) is 9.96. The van der Waals surface area contributed by atoms with Crippen LogP contribution in [0.5, 0.6) is 5.75 Å². The van der Waals surface area contributed by atoms with Gasteiger partial charge in [-0.2, -0.15) is 0 Å². The number of hydrogen-bond donors (Lipinski definition) is 2. The Morgan fingerprint density at radius 2 is 2.00 bits per heavy atom. The van der Waals surface area contributed by atoms with E-state index in [-0.39, 0.29) is 5.91 Å². The van der Waals surface area contributed by atoms with Crippen molar-refractivity contribution in [3.05, 3.63) is 29.3 Å². The Balaban J connectivity index is 2.47. The van der Waals surface area contributed by atoms with Gasteiger partial charge in [0.1, 0.15) is 11.3 Å². The van der Waals surface area contributed by atoms with Crippen molar-refractivity contribution in [2.45, 2.75) is 19.4 Å². The van der Waals surface area contributed by atoms with Gasteiger partial charge < -0.3 is 10.1 Å². The van der Waals surface area contributed by atoms with Crippen molar-refractivity contribution in [2.75, 3.05) is 7.11 Å². The van der Waals surface area contributed by atoms with E-state index in [9.17, 15) is 9.59 Å². The Morgan fingerprint density at radius 3 is 2.47 bits per heavy atom. The molecule has 0 saturated carbocycles. The SMILES string of the molecule is COc1ccc(C2(C)NC(=O)NC2=O)c(C)c1. The van der Waals surface area contributed by atoms with Crippen LogP contribution in [0, 0.1) is 6.92 Å². The number of aryl methyl sites for hydroxylation is 1. The van der Waals surface area contributed by atoms with Crippen LogP contribution in [-0.2, 0) is 10.3 Å². The average molecular weight is 234 g/mol. The number of amides is 3. The summed E-state index contributed by atoms with van der Waals surface area (Å²) in [6.45, 7) is 3.56. The first-order valence-corrected chi connectivity index (χ1v) is 5.26. The summed E-state index contributed by atoms with van der Waals surface area (Å²) in [6, 6.07) is 4.93. The van der Waals surface area contributed by atoms with Crippen LogP contribution in [0.25, 0.3) is 0 Å². The second kappa shape index (κ2) is 3.76. The lowest BCUT2D eigenvalue weighted by Gasteiger charge is -2.23. The van der Waals surface area contributed by atoms with Gasteiger partial charge in [-0.05, 0) is 37.1 Å². The molecule has 3 amide bonds. The van der Waals surface area contributed by atoms with E-state index in [1.165, 1.54) is 0 Å². The third-order valence-electron chi connectivity index (χ3n) is 3.02. The summed E-state index contributed by atoms with van der Waals surface area (Å²) >= 11 is 0. The number of carbonyl (C=O) groups excluding carboxylic acids is 2. The second-order valence-corrected chi connectivity index (χ2v) is 4.21. The number of rotatable bonds is 2. The summed E-state index contributed by atoms with van der Waals surface area (Å²) in [5.74, 6) is 0.385. The minimum Gasteiger partial charge on any atom is -0.497 e. The van der Waals surface area contributed by atoms with E-state index in [0.29, 0.717) is 0 Å². The quantitative estimate of drug-likeness (QED) is 0.752. The van der Waals surface area contributed by atoms with Gasteiger partial charge in [0, 0.05) is 0 Å². The summed E-state index contributed by atoms with van der Waals surface area (Å²) in [5, 5.41) is 4.88. The van der Waals surface area contributed by atoms with Crippen LogP contribution >= 0.6 is 0 Å². The molecule has 17 heavy (non-hydrogen) atoms. The normalized spacial score (nSPS) is 23.2. The fraction of sp³-hybridized carbons (Fsp3) is 0.333. The van der Waals surface area contributed by atoms with Gasteiger partial charge in [0.05, 0.1) is 7.11 Å². The highest BCUT2D eigenvalue weighted by atomic mass is 16.5. The topological polar surface area (TPSA) is 67.4 Å². The van der Waals surface area contributed by atoms with Gasteiger partial charge in [-0.15, -0.1) is 0 Å². The van der Waals surface area contributed by atoms with E-state index in [2.05, 4.69) is 10.6 Å². The maximum Gasteiger partial charge on any atom is 0.322 e. The molecule has 1 aliphatic rings. The van der Waals surface area contributed by atoms with Gasteiger partial charge in [-0.25, -0.2) is 4.79 Å². The lowest BCUT2D eigenvalue weighted by Crippen LogP contribution is -2.41. The number of nitrogens with one attached hydrogen (secondary N) is 2. The number of methoxy groups -OCH3 is 1. The van der Waals surface area contributed by atoms with E-state index >= 15 is 0 Å². The molecule has 90 valence electrons. The van der Waals surface area contributed by atoms with Gasteiger partial charge in [0.25, 0.3) is 5.91 Å². The van der Waals surface area contributed by atoms with Crippen LogP contribution in [0.3, 0.4) is 0 Å². The monoisotopic (exact) mass is 234 g/mol. The van der Waals surface area contributed by atoms with Gasteiger partial charge in [0.15, 0.2) is 0 Å². The van der Waals surface area contributed by atoms with Crippen LogP contribution < -0.4 is 15.4 Å². The molecular weight excluding hydrogens is 220 g/mol. The Kier molecular flexibility index (Phi) is 2.53. The minimum atomic E-state index is -1.01. The third-order valence-corrected chi connectivity index (χ3v) is 3.02. The molecule has 1 unspecified atom stereocenters. The Morgan fingerprint density at radius 1 is 1.29 bits per heavy atom. The molecule has 0 aliphatic carbocycles. The first-order chi connectivity index (χ1) is 7.97. The van der Waals surface area contributed by atoms with Gasteiger partial charge in [-0.1, -0.05) is 6.07 Å². The highest BCUT2D eigenvalue weighted by Gasteiger charge is 2.44. The zero-order valence-corrected chi connectivity index (χ0v) is 9.96. The molecule has 0 aromatic heterocycles. The molecule has 0 spiro atoms. The number of hydrogen-bond acceptors (Lipinski definition) is 3. The standard InChI is InChI=1S/C12H14N2O3/c1-7-6-8(17-3)4-5-9(7)12(2)10(15)13-11(16)14-12/h4-6H,1-3H3,(H2,13,14,15,16). The second-order valence-electron chi connectivity index (χ2n) is 4.21. The predicted octanol–water partition coefficient (Wildman–Crippen LogP) is 1.06. The number of carbonyl (C=O) groups is 2. The van der Waals surface area contributed by atoms with Crippen molar-refractivity contribution in [2.24, 2.45) is 0 Å². The number of benzene rings is 1. The lowest BCUT2D eigenvalue weighted by molar-refractivity contribution is -0.123. The summed E-state index contributed by atoms with van der Waals surface area (Å²) in [7, 11) is 1.58. The molecule has 2 rings (SSSR count). The summed E-state index contributed by atoms with van der Waals surface area (Å²) in [6.07, 6.45) is 0. The zero-order chi connectivity index (χ0) is 12.6. The van der Waals surface area contributed by atoms with Crippen molar-refractivity contribution < 1.29 is 14.3 Å². The molecule has 1 aliphatic heterocycles. The Labute approximate surface area is 99.2 Å². The van der Waals surface area contributed by atoms with E-state index in [0.717, 1.165) is 16.9 Å². The number of ether oxygens (including phenoxy) is 1. The smallest absolute Gasteiger partial charge is 0.322 e. The van der Waals surface area contributed by atoms with Crippen molar-refractivity contribution in [1.29, 1.82) is 0 Å². The molecule has 1 aromatic rings. The molecule has 1 saturated heterocycles. The number of imide groups is 1. The van der Waals surface area contributed by atoms with Crippen LogP contribution in [0.15, 0.2) is 18.2 Å². The van der Waals surface area contributed by atoms with Gasteiger partial charge in [-0.3, -0.25) is 10.1 Å². The Hall–Kier alpha value is -2.04. The van der Waals surface area contributed by atoms with E-state index in [4.69, 9.17) is 4.74 Å². The number of urea groups is 1. The molecule has 5 heteroatoms. The van der Waals surface area contributed by atoms with Crippen LogP contribution in [0.1, 0.15) is 18.1 Å². The van der Waals surface area contributed by atoms with Crippen LogP contribution in [-0.4, -0.2) is 19.0 Å². The van der Waals surface area contributed by atoms with Crippen LogP contribution in [0.4, 0.5) is 4.79 Å². The molecule has 1 fully saturated rings. The highest BCUT2D eigenvalue weighted by Crippen LogP contribution is 2.29. The van der Waals surface area contributed by atoms with Crippen molar-refractivity contribution in [3.63, 3.8) is 0 Å². The fourth-order valence-electron chi connectivity index (χ4n) is 2.06. The molecule has 5 nitrogen and oxygen atoms in total. The van der Waals surface area contributed by atoms with E-state index in [1.54, 1.807) is 26.2 Å². The maximum absolute atomic E-state index is 11.8. The third kappa shape index (κ3) is 1.73. The lowest BCUT2D eigenvalue weighted by atomic mass is 9.88. The molecule has 0 radical (unpaired) electrons. The van der Waals surface area contributed by atoms with Crippen molar-refractivity contribution >= 4 is 11.9 Å². The minimum absolute atomic E-state index is 0.337. The van der Waals surface area contributed by atoms with Gasteiger partial charge in [0.2, 0.25) is 0 Å². The summed E-state index contributed by atoms with van der Waals surface area (Å²) in [5.41, 5.74) is 0.652. The molecule has 1 aromatic carbocycles. The molecule has 1 atom stereocenters. The highest BCUT2D eigenvalue weighted by molar-refractivity contribution is 6.07. The van der Waals surface area contributed by atoms with Crippen LogP contribution in [0.2, 0.25) is 0 Å². The van der Waals surface area contributed by atoms with E-state index < -0.39 is 11.6 Å².